The quantitative estimate of drug-likeness (QED) is 0.878. The molecule has 130 valence electrons. The number of rotatable bonds is 4. The van der Waals surface area contributed by atoms with Gasteiger partial charge in [0.2, 0.25) is 17.7 Å². The number of anilines is 3. The van der Waals surface area contributed by atoms with Gasteiger partial charge in [-0.1, -0.05) is 0 Å². The van der Waals surface area contributed by atoms with Crippen molar-refractivity contribution in [3.63, 3.8) is 0 Å². The van der Waals surface area contributed by atoms with Crippen LogP contribution in [0.15, 0.2) is 29.6 Å². The first-order chi connectivity index (χ1) is 11.9. The molecule has 1 fully saturated rings. The topological polar surface area (TPSA) is 91.4 Å². The Hall–Kier alpha value is -2.74. The molecule has 2 aromatic rings. The summed E-state index contributed by atoms with van der Waals surface area (Å²) < 4.78 is 0. The highest BCUT2D eigenvalue weighted by Crippen LogP contribution is 2.27. The summed E-state index contributed by atoms with van der Waals surface area (Å²) in [5, 5.41) is 7.86. The van der Waals surface area contributed by atoms with E-state index in [1.54, 1.807) is 29.2 Å². The molecule has 1 atom stereocenters. The minimum absolute atomic E-state index is 0.0947. The van der Waals surface area contributed by atoms with Crippen LogP contribution in [-0.2, 0) is 14.4 Å². The van der Waals surface area contributed by atoms with Crippen LogP contribution >= 0.6 is 11.3 Å². The van der Waals surface area contributed by atoms with Crippen LogP contribution in [0.4, 0.5) is 16.5 Å². The summed E-state index contributed by atoms with van der Waals surface area (Å²) in [7, 11) is 0. The highest BCUT2D eigenvalue weighted by Gasteiger charge is 2.35. The zero-order chi connectivity index (χ0) is 18.0. The number of benzene rings is 1. The van der Waals surface area contributed by atoms with Gasteiger partial charge in [0.05, 0.1) is 11.6 Å². The van der Waals surface area contributed by atoms with E-state index in [4.69, 9.17) is 0 Å². The molecule has 1 saturated heterocycles. The van der Waals surface area contributed by atoms with Crippen LogP contribution in [-0.4, -0.2) is 29.3 Å². The fourth-order valence-electron chi connectivity index (χ4n) is 2.68. The van der Waals surface area contributed by atoms with E-state index in [0.717, 1.165) is 5.69 Å². The molecule has 0 spiro atoms. The Morgan fingerprint density at radius 3 is 2.56 bits per heavy atom. The standard InChI is InChI=1S/C17H18N4O3S/c1-10-9-25-17(18-10)20-16(24)12-7-15(23)21(8-12)14-5-3-13(4-6-14)19-11(2)22/h3-6,9,12H,7-8H2,1-2H3,(H,19,22)(H,18,20,24)/t12-/m0/s1. The summed E-state index contributed by atoms with van der Waals surface area (Å²) >= 11 is 1.36. The molecule has 1 aliphatic rings. The Labute approximate surface area is 149 Å². The second-order valence-electron chi connectivity index (χ2n) is 5.92. The molecule has 1 aromatic carbocycles. The fraction of sp³-hybridized carbons (Fsp3) is 0.294. The second-order valence-corrected chi connectivity index (χ2v) is 6.77. The third-order valence-electron chi connectivity index (χ3n) is 3.84. The van der Waals surface area contributed by atoms with Crippen LogP contribution in [0, 0.1) is 12.8 Å². The van der Waals surface area contributed by atoms with Gasteiger partial charge in [-0.2, -0.15) is 0 Å². The number of carbonyl (C=O) groups excluding carboxylic acids is 3. The lowest BCUT2D eigenvalue weighted by atomic mass is 10.1. The van der Waals surface area contributed by atoms with Gasteiger partial charge in [-0.3, -0.25) is 14.4 Å². The van der Waals surface area contributed by atoms with Crippen molar-refractivity contribution in [3.8, 4) is 0 Å². The highest BCUT2D eigenvalue weighted by molar-refractivity contribution is 7.13. The van der Waals surface area contributed by atoms with Crippen molar-refractivity contribution in [1.82, 2.24) is 4.98 Å². The van der Waals surface area contributed by atoms with E-state index in [2.05, 4.69) is 15.6 Å². The van der Waals surface area contributed by atoms with Crippen molar-refractivity contribution in [3.05, 3.63) is 35.3 Å². The van der Waals surface area contributed by atoms with Gasteiger partial charge in [0.25, 0.3) is 0 Å². The highest BCUT2D eigenvalue weighted by atomic mass is 32.1. The summed E-state index contributed by atoms with van der Waals surface area (Å²) in [6.45, 7) is 3.62. The summed E-state index contributed by atoms with van der Waals surface area (Å²) in [5.41, 5.74) is 2.22. The molecule has 1 aromatic heterocycles. The molecular formula is C17H18N4O3S. The number of nitrogens with one attached hydrogen (secondary N) is 2. The van der Waals surface area contributed by atoms with Crippen molar-refractivity contribution >= 4 is 45.6 Å². The van der Waals surface area contributed by atoms with Crippen LogP contribution in [0.25, 0.3) is 0 Å². The molecule has 3 rings (SSSR count). The zero-order valence-electron chi connectivity index (χ0n) is 13.9. The molecule has 0 unspecified atom stereocenters. The Bertz CT molecular complexity index is 816. The predicted octanol–water partition coefficient (Wildman–Crippen LogP) is 2.40. The smallest absolute Gasteiger partial charge is 0.231 e. The number of thiazole rings is 1. The first-order valence-corrected chi connectivity index (χ1v) is 8.71. The van der Waals surface area contributed by atoms with Gasteiger partial charge in [-0.05, 0) is 31.2 Å². The van der Waals surface area contributed by atoms with Gasteiger partial charge in [0.1, 0.15) is 0 Å². The van der Waals surface area contributed by atoms with E-state index in [9.17, 15) is 14.4 Å². The molecule has 0 radical (unpaired) electrons. The molecule has 7 nitrogen and oxygen atoms in total. The van der Waals surface area contributed by atoms with E-state index in [1.807, 2.05) is 12.3 Å². The third kappa shape index (κ3) is 4.03. The monoisotopic (exact) mass is 358 g/mol. The number of hydrogen-bond acceptors (Lipinski definition) is 5. The minimum Gasteiger partial charge on any atom is -0.326 e. The molecular weight excluding hydrogens is 340 g/mol. The van der Waals surface area contributed by atoms with Crippen LogP contribution in [0.3, 0.4) is 0 Å². The number of amides is 3. The van der Waals surface area contributed by atoms with Gasteiger partial charge < -0.3 is 15.5 Å². The van der Waals surface area contributed by atoms with Crippen molar-refractivity contribution < 1.29 is 14.4 Å². The van der Waals surface area contributed by atoms with Crippen LogP contribution < -0.4 is 15.5 Å². The molecule has 1 aliphatic heterocycles. The predicted molar refractivity (Wildman–Crippen MR) is 96.7 cm³/mol. The lowest BCUT2D eigenvalue weighted by molar-refractivity contribution is -0.122. The third-order valence-corrected chi connectivity index (χ3v) is 4.72. The average molecular weight is 358 g/mol. The number of aryl methyl sites for hydroxylation is 1. The Morgan fingerprint density at radius 1 is 1.24 bits per heavy atom. The lowest BCUT2D eigenvalue weighted by Gasteiger charge is -2.17. The van der Waals surface area contributed by atoms with E-state index >= 15 is 0 Å². The van der Waals surface area contributed by atoms with Gasteiger partial charge in [-0.15, -0.1) is 11.3 Å². The SMILES string of the molecule is CC(=O)Nc1ccc(N2C[C@@H](C(=O)Nc3nc(C)cs3)CC2=O)cc1. The van der Waals surface area contributed by atoms with Gasteiger partial charge in [0, 0.05) is 36.6 Å². The second kappa shape index (κ2) is 7.02. The Morgan fingerprint density at radius 2 is 1.96 bits per heavy atom. The first kappa shape index (κ1) is 17.1. The van der Waals surface area contributed by atoms with Gasteiger partial charge in [-0.25, -0.2) is 4.98 Å². The van der Waals surface area contributed by atoms with E-state index in [-0.39, 0.29) is 24.1 Å². The summed E-state index contributed by atoms with van der Waals surface area (Å²) in [4.78, 5) is 41.5. The van der Waals surface area contributed by atoms with E-state index in [0.29, 0.717) is 23.1 Å². The van der Waals surface area contributed by atoms with E-state index in [1.165, 1.54) is 18.3 Å². The average Bonchev–Trinajstić information content (AvgIpc) is 3.13. The lowest BCUT2D eigenvalue weighted by Crippen LogP contribution is -2.28. The Kier molecular flexibility index (Phi) is 4.80. The normalized spacial score (nSPS) is 16.8. The first-order valence-electron chi connectivity index (χ1n) is 7.83. The molecule has 8 heteroatoms. The largest absolute Gasteiger partial charge is 0.326 e. The number of carbonyl (C=O) groups is 3. The molecule has 0 aliphatic carbocycles. The van der Waals surface area contributed by atoms with Crippen molar-refractivity contribution in [1.29, 1.82) is 0 Å². The van der Waals surface area contributed by atoms with Crippen molar-refractivity contribution in [2.75, 3.05) is 22.1 Å². The number of aromatic nitrogens is 1. The molecule has 2 heterocycles. The van der Waals surface area contributed by atoms with Crippen molar-refractivity contribution in [2.24, 2.45) is 5.92 Å². The van der Waals surface area contributed by atoms with Crippen LogP contribution in [0.1, 0.15) is 19.0 Å². The number of hydrogen-bond donors (Lipinski definition) is 2. The molecule has 0 bridgehead atoms. The van der Waals surface area contributed by atoms with Gasteiger partial charge in [0.15, 0.2) is 5.13 Å². The van der Waals surface area contributed by atoms with Gasteiger partial charge >= 0.3 is 0 Å². The zero-order valence-corrected chi connectivity index (χ0v) is 14.7. The molecule has 2 N–H and O–H groups in total. The summed E-state index contributed by atoms with van der Waals surface area (Å²) in [6.07, 6.45) is 0.170. The van der Waals surface area contributed by atoms with E-state index < -0.39 is 5.92 Å². The van der Waals surface area contributed by atoms with Crippen LogP contribution in [0.5, 0.6) is 0 Å². The molecule has 0 saturated carbocycles. The maximum atomic E-state index is 12.4. The summed E-state index contributed by atoms with van der Waals surface area (Å²) in [6, 6.07) is 6.98. The minimum atomic E-state index is -0.410. The molecule has 25 heavy (non-hydrogen) atoms. The summed E-state index contributed by atoms with van der Waals surface area (Å²) in [5.74, 6) is -0.853. The van der Waals surface area contributed by atoms with Crippen LogP contribution in [0.2, 0.25) is 0 Å². The van der Waals surface area contributed by atoms with Crippen molar-refractivity contribution in [2.45, 2.75) is 20.3 Å². The number of nitrogens with zero attached hydrogens (tertiary/aromatic N) is 2. The maximum absolute atomic E-state index is 12.4. The Balaban J connectivity index is 1.65. The maximum Gasteiger partial charge on any atom is 0.231 e. The molecule has 3 amide bonds. The fourth-order valence-corrected chi connectivity index (χ4v) is 3.37.